The van der Waals surface area contributed by atoms with Gasteiger partial charge in [0.15, 0.2) is 6.10 Å². The molecule has 5 heterocycles. The molecule has 1 aromatic heterocycles. The number of morpholine rings is 1. The summed E-state index contributed by atoms with van der Waals surface area (Å²) >= 11 is 0. The van der Waals surface area contributed by atoms with Crippen molar-refractivity contribution in [3.8, 4) is 11.4 Å². The van der Waals surface area contributed by atoms with Crippen LogP contribution in [0.4, 0.5) is 13.2 Å². The first-order chi connectivity index (χ1) is 14.9. The molecule has 31 heavy (non-hydrogen) atoms. The standard InChI is InChI=1S/C21H23F3N4O3/c22-21(23,24)15-3-1-2-14(10-15)18-25-19(31-26-18)17-12-28(8-9-30-17)20(29)16-11-27-6-4-13(16)5-7-27/h1-3,10,13,16-17H,4-9,11-12H2/t16-,17+/m0/s1. The number of halogens is 3. The summed E-state index contributed by atoms with van der Waals surface area (Å²) in [4.78, 5) is 21.6. The predicted molar refractivity (Wildman–Crippen MR) is 103 cm³/mol. The van der Waals surface area contributed by atoms with Crippen LogP contribution in [0.1, 0.15) is 30.4 Å². The van der Waals surface area contributed by atoms with Gasteiger partial charge < -0.3 is 19.1 Å². The van der Waals surface area contributed by atoms with E-state index in [1.165, 1.54) is 12.1 Å². The first-order valence-electron chi connectivity index (χ1n) is 10.5. The molecule has 4 aliphatic heterocycles. The van der Waals surface area contributed by atoms with E-state index in [4.69, 9.17) is 9.26 Å². The van der Waals surface area contributed by atoms with Crippen molar-refractivity contribution in [3.63, 3.8) is 0 Å². The highest BCUT2D eigenvalue weighted by Gasteiger charge is 2.41. The number of benzene rings is 1. The van der Waals surface area contributed by atoms with Crippen LogP contribution in [0.15, 0.2) is 28.8 Å². The second kappa shape index (κ2) is 7.90. The zero-order valence-electron chi connectivity index (χ0n) is 16.8. The van der Waals surface area contributed by atoms with Crippen molar-refractivity contribution in [2.24, 2.45) is 11.8 Å². The van der Waals surface area contributed by atoms with Gasteiger partial charge in [0.1, 0.15) is 0 Å². The lowest BCUT2D eigenvalue weighted by atomic mass is 9.78. The minimum atomic E-state index is -4.45. The normalized spacial score (nSPS) is 28.7. The van der Waals surface area contributed by atoms with Gasteiger partial charge in [0.2, 0.25) is 11.7 Å². The summed E-state index contributed by atoms with van der Waals surface area (Å²) in [7, 11) is 0. The van der Waals surface area contributed by atoms with Gasteiger partial charge in [-0.1, -0.05) is 17.3 Å². The first-order valence-corrected chi connectivity index (χ1v) is 10.5. The van der Waals surface area contributed by atoms with Crippen LogP contribution < -0.4 is 0 Å². The van der Waals surface area contributed by atoms with E-state index in [1.807, 2.05) is 0 Å². The average molecular weight is 436 g/mol. The Kier molecular flexibility index (Phi) is 5.21. The molecule has 4 saturated heterocycles. The molecule has 2 atom stereocenters. The molecule has 0 aliphatic carbocycles. The summed E-state index contributed by atoms with van der Waals surface area (Å²) < 4.78 is 50.0. The molecule has 10 heteroatoms. The van der Waals surface area contributed by atoms with Crippen molar-refractivity contribution < 1.29 is 27.2 Å². The number of hydrogen-bond acceptors (Lipinski definition) is 6. The molecule has 166 valence electrons. The van der Waals surface area contributed by atoms with Gasteiger partial charge in [-0.15, -0.1) is 0 Å². The SMILES string of the molecule is O=C([C@H]1CN2CCC1CC2)N1CCO[C@@H](c2nc(-c3cccc(C(F)(F)F)c3)no2)C1. The van der Waals surface area contributed by atoms with E-state index in [0.717, 1.165) is 44.6 Å². The van der Waals surface area contributed by atoms with Crippen molar-refractivity contribution >= 4 is 5.91 Å². The fraction of sp³-hybridized carbons (Fsp3) is 0.571. The molecule has 2 bridgehead atoms. The zero-order chi connectivity index (χ0) is 21.6. The number of carbonyl (C=O) groups is 1. The minimum absolute atomic E-state index is 0.0182. The second-order valence-electron chi connectivity index (χ2n) is 8.42. The van der Waals surface area contributed by atoms with Crippen LogP contribution in [0, 0.1) is 11.8 Å². The zero-order valence-corrected chi connectivity index (χ0v) is 16.8. The number of nitrogens with zero attached hydrogens (tertiary/aromatic N) is 4. The van der Waals surface area contributed by atoms with Gasteiger partial charge in [0, 0.05) is 18.7 Å². The minimum Gasteiger partial charge on any atom is -0.365 e. The van der Waals surface area contributed by atoms with Crippen molar-refractivity contribution in [2.45, 2.75) is 25.1 Å². The van der Waals surface area contributed by atoms with Crippen molar-refractivity contribution in [3.05, 3.63) is 35.7 Å². The summed E-state index contributed by atoms with van der Waals surface area (Å²) in [5, 5.41) is 3.83. The topological polar surface area (TPSA) is 71.7 Å². The maximum absolute atomic E-state index is 13.1. The average Bonchev–Trinajstić information content (AvgIpc) is 3.29. The van der Waals surface area contributed by atoms with E-state index in [-0.39, 0.29) is 29.1 Å². The second-order valence-corrected chi connectivity index (χ2v) is 8.42. The number of rotatable bonds is 3. The third-order valence-electron chi connectivity index (χ3n) is 6.52. The van der Waals surface area contributed by atoms with E-state index >= 15 is 0 Å². The molecule has 0 N–H and O–H groups in total. The Hall–Kier alpha value is -2.46. The Balaban J connectivity index is 1.29. The Morgan fingerprint density at radius 2 is 1.94 bits per heavy atom. The van der Waals surface area contributed by atoms with E-state index in [1.54, 1.807) is 4.90 Å². The van der Waals surface area contributed by atoms with Crippen LogP contribution in [-0.2, 0) is 15.7 Å². The molecule has 4 aliphatic rings. The molecular formula is C21H23F3N4O3. The van der Waals surface area contributed by atoms with Crippen LogP contribution in [0.25, 0.3) is 11.4 Å². The van der Waals surface area contributed by atoms with Gasteiger partial charge in [-0.05, 0) is 44.0 Å². The van der Waals surface area contributed by atoms with Crippen LogP contribution in [0.3, 0.4) is 0 Å². The maximum Gasteiger partial charge on any atom is 0.416 e. The van der Waals surface area contributed by atoms with Crippen LogP contribution in [0.5, 0.6) is 0 Å². The Morgan fingerprint density at radius 1 is 1.13 bits per heavy atom. The van der Waals surface area contributed by atoms with E-state index < -0.39 is 17.8 Å². The van der Waals surface area contributed by atoms with Crippen LogP contribution in [0.2, 0.25) is 0 Å². The smallest absolute Gasteiger partial charge is 0.365 e. The Bertz CT molecular complexity index is 955. The maximum atomic E-state index is 13.1. The van der Waals surface area contributed by atoms with Crippen LogP contribution >= 0.6 is 0 Å². The third kappa shape index (κ3) is 4.06. The van der Waals surface area contributed by atoms with Gasteiger partial charge in [0.25, 0.3) is 5.89 Å². The van der Waals surface area contributed by atoms with Crippen molar-refractivity contribution in [2.75, 3.05) is 39.3 Å². The van der Waals surface area contributed by atoms with E-state index in [9.17, 15) is 18.0 Å². The number of ether oxygens (including phenoxy) is 1. The fourth-order valence-corrected chi connectivity index (χ4v) is 4.80. The van der Waals surface area contributed by atoms with Gasteiger partial charge in [-0.2, -0.15) is 18.2 Å². The summed E-state index contributed by atoms with van der Waals surface area (Å²) in [5.74, 6) is 0.823. The van der Waals surface area contributed by atoms with Gasteiger partial charge in [-0.3, -0.25) is 4.79 Å². The largest absolute Gasteiger partial charge is 0.416 e. The number of fused-ring (bicyclic) bond motifs is 3. The lowest BCUT2D eigenvalue weighted by Gasteiger charge is -2.46. The van der Waals surface area contributed by atoms with Crippen molar-refractivity contribution in [1.29, 1.82) is 0 Å². The molecule has 6 rings (SSSR count). The number of aromatic nitrogens is 2. The van der Waals surface area contributed by atoms with Crippen LogP contribution in [-0.4, -0.2) is 65.2 Å². The molecular weight excluding hydrogens is 413 g/mol. The molecule has 2 aromatic rings. The summed E-state index contributed by atoms with van der Waals surface area (Å²) in [6, 6.07) is 4.78. The molecule has 0 radical (unpaired) electrons. The Morgan fingerprint density at radius 3 is 2.65 bits per heavy atom. The lowest BCUT2D eigenvalue weighted by molar-refractivity contribution is -0.150. The molecule has 0 spiro atoms. The number of alkyl halides is 3. The molecule has 1 aromatic carbocycles. The quantitative estimate of drug-likeness (QED) is 0.737. The first kappa shape index (κ1) is 20.4. The molecule has 7 nitrogen and oxygen atoms in total. The molecule has 0 unspecified atom stereocenters. The highest BCUT2D eigenvalue weighted by atomic mass is 19.4. The molecule has 0 saturated carbocycles. The number of carbonyl (C=O) groups excluding carboxylic acids is 1. The third-order valence-corrected chi connectivity index (χ3v) is 6.52. The van der Waals surface area contributed by atoms with Crippen molar-refractivity contribution in [1.82, 2.24) is 19.9 Å². The van der Waals surface area contributed by atoms with Gasteiger partial charge in [-0.25, -0.2) is 0 Å². The predicted octanol–water partition coefficient (Wildman–Crippen LogP) is 3.00. The van der Waals surface area contributed by atoms with E-state index in [0.29, 0.717) is 25.6 Å². The Labute approximate surface area is 177 Å². The highest BCUT2D eigenvalue weighted by molar-refractivity contribution is 5.80. The monoisotopic (exact) mass is 436 g/mol. The molecule has 4 fully saturated rings. The van der Waals surface area contributed by atoms with Gasteiger partial charge in [0.05, 0.1) is 24.6 Å². The number of amides is 1. The van der Waals surface area contributed by atoms with Gasteiger partial charge >= 0.3 is 6.18 Å². The fourth-order valence-electron chi connectivity index (χ4n) is 4.80. The lowest BCUT2D eigenvalue weighted by Crippen LogP contribution is -2.55. The summed E-state index contributed by atoms with van der Waals surface area (Å²) in [6.45, 7) is 4.10. The number of piperidine rings is 3. The summed E-state index contributed by atoms with van der Waals surface area (Å²) in [6.07, 6.45) is -2.92. The summed E-state index contributed by atoms with van der Waals surface area (Å²) in [5.41, 5.74) is -0.569. The molecule has 1 amide bonds. The van der Waals surface area contributed by atoms with E-state index in [2.05, 4.69) is 15.0 Å². The number of hydrogen-bond donors (Lipinski definition) is 0. The highest BCUT2D eigenvalue weighted by Crippen LogP contribution is 2.35.